The highest BCUT2D eigenvalue weighted by Gasteiger charge is 2.29. The Hall–Kier alpha value is 0.540. The van der Waals surface area contributed by atoms with Crippen LogP contribution in [0.15, 0.2) is 0 Å². The largest absolute Gasteiger partial charge is 0.756 e. The van der Waals surface area contributed by atoms with Crippen LogP contribution in [0.25, 0.3) is 0 Å². The Morgan fingerprint density at radius 3 is 1.55 bits per heavy atom. The zero-order valence-electron chi connectivity index (χ0n) is 15.6. The van der Waals surface area contributed by atoms with Gasteiger partial charge in [-0.25, -0.2) is 0 Å². The molecule has 0 aromatic carbocycles. The number of hydrogen-bond acceptors (Lipinski definition) is 4. The molecule has 0 aliphatic heterocycles. The van der Waals surface area contributed by atoms with E-state index in [9.17, 15) is 9.46 Å². The van der Waals surface area contributed by atoms with Gasteiger partial charge in [-0.15, -0.1) is 0 Å². The Kier molecular flexibility index (Phi) is 17.0. The molecule has 0 aliphatic rings. The Morgan fingerprint density at radius 2 is 1.23 bits per heavy atom. The average molecular weight is 356 g/mol. The molecule has 0 bridgehead atoms. The van der Waals surface area contributed by atoms with E-state index >= 15 is 0 Å². The summed E-state index contributed by atoms with van der Waals surface area (Å²) in [6, 6.07) is 0. The number of phosphoric ester groups is 1. The molecule has 22 heavy (non-hydrogen) atoms. The minimum atomic E-state index is -3.90. The predicted octanol–water partition coefficient (Wildman–Crippen LogP) is 5.17. The van der Waals surface area contributed by atoms with Crippen molar-refractivity contribution in [2.45, 2.75) is 66.2 Å². The number of unbranched alkanes of at least 4 members (excludes halogenated alkanes) is 5. The maximum absolute atomic E-state index is 9.95. The molecule has 0 fully saturated rings. The van der Waals surface area contributed by atoms with Crippen LogP contribution in [0.4, 0.5) is 0 Å². The lowest BCUT2D eigenvalue weighted by molar-refractivity contribution is -0.220. The molecule has 0 aromatic rings. The minimum Gasteiger partial charge on any atom is -0.756 e. The highest BCUT2D eigenvalue weighted by atomic mass is 31.2. The van der Waals surface area contributed by atoms with Gasteiger partial charge in [0.2, 0.25) is 0 Å². The SMILES string of the molecule is CCCCCCCC[P+](CC)(CC)CC.COP(=O)([O-])OC. The van der Waals surface area contributed by atoms with Crippen LogP contribution in [-0.2, 0) is 13.6 Å². The molecule has 6 heteroatoms. The van der Waals surface area contributed by atoms with Crippen LogP contribution in [0.3, 0.4) is 0 Å². The average Bonchev–Trinajstić information content (AvgIpc) is 2.55. The van der Waals surface area contributed by atoms with Gasteiger partial charge in [0.25, 0.3) is 7.82 Å². The maximum Gasteiger partial charge on any atom is 0.267 e. The highest BCUT2D eigenvalue weighted by molar-refractivity contribution is 7.75. The van der Waals surface area contributed by atoms with Gasteiger partial charge in [0, 0.05) is 21.5 Å². The summed E-state index contributed by atoms with van der Waals surface area (Å²) in [4.78, 5) is 9.95. The van der Waals surface area contributed by atoms with Crippen molar-refractivity contribution >= 4 is 15.1 Å². The van der Waals surface area contributed by atoms with Crippen molar-refractivity contribution in [3.63, 3.8) is 0 Å². The van der Waals surface area contributed by atoms with E-state index in [0.29, 0.717) is 0 Å². The molecule has 0 saturated carbocycles. The van der Waals surface area contributed by atoms with E-state index in [1.807, 2.05) is 0 Å². The van der Waals surface area contributed by atoms with Crippen LogP contribution >= 0.6 is 15.1 Å². The lowest BCUT2D eigenvalue weighted by atomic mass is 10.1. The summed E-state index contributed by atoms with van der Waals surface area (Å²) in [5, 5.41) is 0. The van der Waals surface area contributed by atoms with Crippen LogP contribution < -0.4 is 4.89 Å². The van der Waals surface area contributed by atoms with Crippen molar-refractivity contribution in [3.05, 3.63) is 0 Å². The second kappa shape index (κ2) is 15.1. The van der Waals surface area contributed by atoms with E-state index < -0.39 is 15.1 Å². The van der Waals surface area contributed by atoms with E-state index in [4.69, 9.17) is 0 Å². The van der Waals surface area contributed by atoms with Crippen LogP contribution in [-0.4, -0.2) is 38.9 Å². The fourth-order valence-corrected chi connectivity index (χ4v) is 5.78. The normalized spacial score (nSPS) is 12.0. The number of rotatable bonds is 12. The molecule has 0 radical (unpaired) electrons. The van der Waals surface area contributed by atoms with Crippen molar-refractivity contribution in [2.24, 2.45) is 0 Å². The molecular formula is C16H38O4P2. The monoisotopic (exact) mass is 356 g/mol. The Balaban J connectivity index is 0. The Bertz CT molecular complexity index is 265. The molecule has 0 unspecified atom stereocenters. The molecular weight excluding hydrogens is 318 g/mol. The fraction of sp³-hybridized carbons (Fsp3) is 1.00. The third-order valence-corrected chi connectivity index (χ3v) is 10.6. The summed E-state index contributed by atoms with van der Waals surface area (Å²) < 4.78 is 17.7. The highest BCUT2D eigenvalue weighted by Crippen LogP contribution is 2.58. The lowest BCUT2D eigenvalue weighted by Gasteiger charge is -2.23. The van der Waals surface area contributed by atoms with E-state index in [0.717, 1.165) is 14.2 Å². The Labute approximate surface area is 139 Å². The summed E-state index contributed by atoms with van der Waals surface area (Å²) in [6.07, 6.45) is 14.8. The first-order valence-corrected chi connectivity index (χ1v) is 12.6. The summed E-state index contributed by atoms with van der Waals surface area (Å²) in [6.45, 7) is 9.54. The van der Waals surface area contributed by atoms with Crippen LogP contribution in [0.1, 0.15) is 66.2 Å². The van der Waals surface area contributed by atoms with E-state index in [-0.39, 0.29) is 0 Å². The third kappa shape index (κ3) is 13.0. The van der Waals surface area contributed by atoms with Crippen molar-refractivity contribution in [1.29, 1.82) is 0 Å². The van der Waals surface area contributed by atoms with Crippen LogP contribution in [0, 0.1) is 0 Å². The third-order valence-electron chi connectivity index (χ3n) is 4.45. The minimum absolute atomic E-state index is 0.494. The standard InChI is InChI=1S/C14H32P.C2H7O4P/c1-5-9-10-11-12-13-14-15(6-2,7-3)8-4;1-5-7(3,4)6-2/h5-14H2,1-4H3;1-2H3,(H,3,4)/q+1;/p-1. The first-order chi connectivity index (χ1) is 10.4. The number of hydrogen-bond donors (Lipinski definition) is 0. The summed E-state index contributed by atoms with van der Waals surface area (Å²) in [5.41, 5.74) is 0. The smallest absolute Gasteiger partial charge is 0.267 e. The van der Waals surface area contributed by atoms with E-state index in [1.54, 1.807) is 6.16 Å². The fourth-order valence-electron chi connectivity index (χ4n) is 2.45. The van der Waals surface area contributed by atoms with Crippen molar-refractivity contribution < 1.29 is 18.5 Å². The van der Waals surface area contributed by atoms with Crippen LogP contribution in [0.2, 0.25) is 0 Å². The number of phosphoric acid groups is 1. The first kappa shape index (κ1) is 24.8. The van der Waals surface area contributed by atoms with Gasteiger partial charge in [-0.05, 0) is 33.6 Å². The summed E-state index contributed by atoms with van der Waals surface area (Å²) >= 11 is 0. The van der Waals surface area contributed by atoms with Gasteiger partial charge >= 0.3 is 0 Å². The molecule has 0 rings (SSSR count). The molecule has 0 atom stereocenters. The van der Waals surface area contributed by atoms with E-state index in [1.165, 1.54) is 57.0 Å². The van der Waals surface area contributed by atoms with Gasteiger partial charge in [-0.1, -0.05) is 32.6 Å². The first-order valence-electron chi connectivity index (χ1n) is 8.64. The van der Waals surface area contributed by atoms with Crippen LogP contribution in [0.5, 0.6) is 0 Å². The summed E-state index contributed by atoms with van der Waals surface area (Å²) in [7, 11) is -2.32. The molecule has 136 valence electrons. The molecule has 0 N–H and O–H groups in total. The van der Waals surface area contributed by atoms with Gasteiger partial charge in [0.1, 0.15) is 0 Å². The maximum atomic E-state index is 9.95. The molecule has 4 nitrogen and oxygen atoms in total. The Morgan fingerprint density at radius 1 is 0.818 bits per heavy atom. The van der Waals surface area contributed by atoms with Gasteiger partial charge in [-0.2, -0.15) is 0 Å². The molecule has 0 amide bonds. The zero-order valence-corrected chi connectivity index (χ0v) is 17.4. The molecule has 0 spiro atoms. The topological polar surface area (TPSA) is 58.6 Å². The van der Waals surface area contributed by atoms with Crippen molar-refractivity contribution in [3.8, 4) is 0 Å². The van der Waals surface area contributed by atoms with E-state index in [2.05, 4.69) is 36.7 Å². The molecule has 0 saturated heterocycles. The van der Waals surface area contributed by atoms with Crippen molar-refractivity contribution in [1.82, 2.24) is 0 Å². The lowest BCUT2D eigenvalue weighted by Crippen LogP contribution is -2.07. The molecule has 0 aromatic heterocycles. The molecule has 0 heterocycles. The van der Waals surface area contributed by atoms with Gasteiger partial charge in [0.05, 0.1) is 24.6 Å². The summed E-state index contributed by atoms with van der Waals surface area (Å²) in [5.74, 6) is 0. The van der Waals surface area contributed by atoms with Gasteiger partial charge in [0.15, 0.2) is 0 Å². The van der Waals surface area contributed by atoms with Gasteiger partial charge in [-0.3, -0.25) is 4.57 Å². The second-order valence-corrected chi connectivity index (χ2v) is 12.2. The predicted molar refractivity (Wildman–Crippen MR) is 98.4 cm³/mol. The van der Waals surface area contributed by atoms with Crippen molar-refractivity contribution in [2.75, 3.05) is 38.9 Å². The second-order valence-electron chi connectivity index (χ2n) is 5.59. The molecule has 0 aliphatic carbocycles. The van der Waals surface area contributed by atoms with Gasteiger partial charge < -0.3 is 13.9 Å². The quantitative estimate of drug-likeness (QED) is 0.357. The zero-order chi connectivity index (χ0) is 17.5.